The number of fused-ring (bicyclic) bond motifs is 1. The number of nitrogens with two attached hydrogens (primary N) is 1. The Morgan fingerprint density at radius 1 is 1.26 bits per heavy atom. The van der Waals surface area contributed by atoms with E-state index in [1.165, 1.54) is 6.07 Å². The number of aromatic nitrogens is 2. The lowest BCUT2D eigenvalue weighted by Gasteiger charge is -2.04. The molecule has 5 nitrogen and oxygen atoms in total. The first-order valence-corrected chi connectivity index (χ1v) is 7.27. The zero-order chi connectivity index (χ0) is 16.4. The van der Waals surface area contributed by atoms with E-state index in [1.54, 1.807) is 10.7 Å². The van der Waals surface area contributed by atoms with E-state index in [0.29, 0.717) is 5.52 Å². The van der Waals surface area contributed by atoms with Gasteiger partial charge in [-0.25, -0.2) is 9.07 Å². The first kappa shape index (κ1) is 15.2. The lowest BCUT2D eigenvalue weighted by molar-refractivity contribution is -0.117. The zero-order valence-corrected chi connectivity index (χ0v) is 12.7. The van der Waals surface area contributed by atoms with Gasteiger partial charge in [0, 0.05) is 23.7 Å². The van der Waals surface area contributed by atoms with E-state index in [1.807, 2.05) is 37.5 Å². The van der Waals surface area contributed by atoms with Crippen molar-refractivity contribution < 1.29 is 9.18 Å². The van der Waals surface area contributed by atoms with E-state index in [2.05, 4.69) is 10.4 Å². The third kappa shape index (κ3) is 3.07. The second-order valence-electron chi connectivity index (χ2n) is 5.38. The highest BCUT2D eigenvalue weighted by molar-refractivity contribution is 5.87. The van der Waals surface area contributed by atoms with Crippen LogP contribution in [0.3, 0.4) is 0 Å². The van der Waals surface area contributed by atoms with Crippen molar-refractivity contribution >= 4 is 16.8 Å². The predicted molar refractivity (Wildman–Crippen MR) is 86.7 cm³/mol. The molecular formula is C17H17FN4O. The number of carbonyl (C=O) groups is 1. The molecule has 1 aromatic heterocycles. The molecule has 0 bridgehead atoms. The molecule has 1 amide bonds. The van der Waals surface area contributed by atoms with Gasteiger partial charge in [0.1, 0.15) is 5.82 Å². The molecule has 3 rings (SSSR count). The number of primary amides is 1. The second-order valence-corrected chi connectivity index (χ2v) is 5.38. The first-order chi connectivity index (χ1) is 11.1. The maximum atomic E-state index is 14.0. The SMILES string of the molecule is CNCc1ccc(-n2cc3ccc(F)c(CC(N)=O)c3n2)cc1. The van der Waals surface area contributed by atoms with Crippen molar-refractivity contribution in [2.24, 2.45) is 5.73 Å². The van der Waals surface area contributed by atoms with Gasteiger partial charge in [0.15, 0.2) is 0 Å². The highest BCUT2D eigenvalue weighted by Gasteiger charge is 2.14. The zero-order valence-electron chi connectivity index (χ0n) is 12.7. The number of hydrogen-bond donors (Lipinski definition) is 2. The van der Waals surface area contributed by atoms with Gasteiger partial charge in [0.25, 0.3) is 0 Å². The molecule has 0 saturated carbocycles. The quantitative estimate of drug-likeness (QED) is 0.756. The van der Waals surface area contributed by atoms with Crippen LogP contribution in [0.5, 0.6) is 0 Å². The van der Waals surface area contributed by atoms with Crippen LogP contribution in [0.15, 0.2) is 42.6 Å². The first-order valence-electron chi connectivity index (χ1n) is 7.27. The van der Waals surface area contributed by atoms with Gasteiger partial charge >= 0.3 is 0 Å². The molecule has 0 radical (unpaired) electrons. The minimum Gasteiger partial charge on any atom is -0.369 e. The summed E-state index contributed by atoms with van der Waals surface area (Å²) in [5.41, 5.74) is 7.93. The molecule has 23 heavy (non-hydrogen) atoms. The lowest BCUT2D eigenvalue weighted by atomic mass is 10.1. The molecule has 3 N–H and O–H groups in total. The summed E-state index contributed by atoms with van der Waals surface area (Å²) in [7, 11) is 1.89. The molecule has 0 spiro atoms. The Bertz CT molecular complexity index is 855. The molecule has 0 aliphatic heterocycles. The van der Waals surface area contributed by atoms with Crippen molar-refractivity contribution in [3.05, 3.63) is 59.5 Å². The summed E-state index contributed by atoms with van der Waals surface area (Å²) in [4.78, 5) is 11.2. The van der Waals surface area contributed by atoms with Crippen LogP contribution in [-0.2, 0) is 17.8 Å². The number of nitrogens with one attached hydrogen (secondary N) is 1. The fourth-order valence-electron chi connectivity index (χ4n) is 2.57. The minimum absolute atomic E-state index is 0.165. The summed E-state index contributed by atoms with van der Waals surface area (Å²) in [6.45, 7) is 0.787. The van der Waals surface area contributed by atoms with Gasteiger partial charge in [0.2, 0.25) is 5.91 Å². The van der Waals surface area contributed by atoms with Gasteiger partial charge in [-0.3, -0.25) is 4.79 Å². The van der Waals surface area contributed by atoms with Gasteiger partial charge in [0.05, 0.1) is 17.6 Å². The van der Waals surface area contributed by atoms with Crippen molar-refractivity contribution in [2.75, 3.05) is 7.05 Å². The molecule has 0 fully saturated rings. The van der Waals surface area contributed by atoms with E-state index >= 15 is 0 Å². The van der Waals surface area contributed by atoms with Gasteiger partial charge in [-0.1, -0.05) is 12.1 Å². The Morgan fingerprint density at radius 3 is 2.65 bits per heavy atom. The standard InChI is InChI=1S/C17H17FN4O/c1-20-9-11-2-5-13(6-3-11)22-10-12-4-7-15(18)14(8-16(19)23)17(12)21-22/h2-7,10,20H,8-9H2,1H3,(H2,19,23). The van der Waals surface area contributed by atoms with E-state index in [0.717, 1.165) is 23.2 Å². The summed E-state index contributed by atoms with van der Waals surface area (Å²) in [5, 5.41) is 8.28. The van der Waals surface area contributed by atoms with E-state index in [-0.39, 0.29) is 12.0 Å². The molecule has 1 heterocycles. The van der Waals surface area contributed by atoms with Crippen LogP contribution < -0.4 is 11.1 Å². The number of hydrogen-bond acceptors (Lipinski definition) is 3. The third-order valence-electron chi connectivity index (χ3n) is 3.66. The molecule has 0 unspecified atom stereocenters. The molecule has 0 saturated heterocycles. The topological polar surface area (TPSA) is 72.9 Å². The van der Waals surface area contributed by atoms with Crippen molar-refractivity contribution in [1.29, 1.82) is 0 Å². The van der Waals surface area contributed by atoms with Crippen LogP contribution in [0.1, 0.15) is 11.1 Å². The second kappa shape index (κ2) is 6.18. The molecule has 118 valence electrons. The predicted octanol–water partition coefficient (Wildman–Crippen LogP) is 1.91. The smallest absolute Gasteiger partial charge is 0.222 e. The normalized spacial score (nSPS) is 11.0. The fourth-order valence-corrected chi connectivity index (χ4v) is 2.57. The number of amides is 1. The molecular weight excluding hydrogens is 295 g/mol. The summed E-state index contributed by atoms with van der Waals surface area (Å²) in [6, 6.07) is 10.9. The fraction of sp³-hybridized carbons (Fsp3) is 0.176. The van der Waals surface area contributed by atoms with Gasteiger partial charge in [-0.05, 0) is 36.9 Å². The van der Waals surface area contributed by atoms with Crippen LogP contribution in [-0.4, -0.2) is 22.7 Å². The summed E-state index contributed by atoms with van der Waals surface area (Å²) in [5.74, 6) is -1.05. The maximum Gasteiger partial charge on any atom is 0.222 e. The Labute approximate surface area is 132 Å². The Kier molecular flexibility index (Phi) is 4.08. The maximum absolute atomic E-state index is 14.0. The van der Waals surface area contributed by atoms with Crippen LogP contribution in [0.4, 0.5) is 4.39 Å². The van der Waals surface area contributed by atoms with Crippen molar-refractivity contribution in [2.45, 2.75) is 13.0 Å². The van der Waals surface area contributed by atoms with Crippen LogP contribution in [0.25, 0.3) is 16.6 Å². The summed E-state index contributed by atoms with van der Waals surface area (Å²) in [6.07, 6.45) is 1.65. The van der Waals surface area contributed by atoms with Crippen LogP contribution in [0.2, 0.25) is 0 Å². The van der Waals surface area contributed by atoms with Gasteiger partial charge < -0.3 is 11.1 Å². The number of rotatable bonds is 5. The van der Waals surface area contributed by atoms with E-state index in [4.69, 9.17) is 5.73 Å². The molecule has 3 aromatic rings. The number of halogens is 1. The van der Waals surface area contributed by atoms with Gasteiger partial charge in [-0.15, -0.1) is 0 Å². The molecule has 0 aliphatic carbocycles. The minimum atomic E-state index is -0.581. The average molecular weight is 312 g/mol. The molecule has 2 aromatic carbocycles. The molecule has 0 atom stereocenters. The lowest BCUT2D eigenvalue weighted by Crippen LogP contribution is -2.15. The molecule has 6 heteroatoms. The van der Waals surface area contributed by atoms with Crippen LogP contribution in [0, 0.1) is 5.82 Å². The van der Waals surface area contributed by atoms with E-state index < -0.39 is 11.7 Å². The monoisotopic (exact) mass is 312 g/mol. The number of benzene rings is 2. The summed E-state index contributed by atoms with van der Waals surface area (Å²) < 4.78 is 15.6. The summed E-state index contributed by atoms with van der Waals surface area (Å²) >= 11 is 0. The van der Waals surface area contributed by atoms with Crippen molar-refractivity contribution in [3.63, 3.8) is 0 Å². The van der Waals surface area contributed by atoms with Crippen LogP contribution >= 0.6 is 0 Å². The Morgan fingerprint density at radius 2 is 2.00 bits per heavy atom. The Balaban J connectivity index is 2.04. The van der Waals surface area contributed by atoms with E-state index in [9.17, 15) is 9.18 Å². The van der Waals surface area contributed by atoms with Crippen molar-refractivity contribution in [3.8, 4) is 5.69 Å². The number of nitrogens with zero attached hydrogens (tertiary/aromatic N) is 2. The largest absolute Gasteiger partial charge is 0.369 e. The molecule has 0 aliphatic rings. The average Bonchev–Trinajstić information content (AvgIpc) is 2.95. The highest BCUT2D eigenvalue weighted by Crippen LogP contribution is 2.22. The van der Waals surface area contributed by atoms with Gasteiger partial charge in [-0.2, -0.15) is 5.10 Å². The number of carbonyl (C=O) groups excluding carboxylic acids is 1. The van der Waals surface area contributed by atoms with Crippen molar-refractivity contribution in [1.82, 2.24) is 15.1 Å². The Hall–Kier alpha value is -2.73. The third-order valence-corrected chi connectivity index (χ3v) is 3.66. The highest BCUT2D eigenvalue weighted by atomic mass is 19.1.